The maximum atomic E-state index is 11.5. The minimum atomic E-state index is -0.424. The summed E-state index contributed by atoms with van der Waals surface area (Å²) in [6.07, 6.45) is 1.54. The Morgan fingerprint density at radius 2 is 2.19 bits per heavy atom. The van der Waals surface area contributed by atoms with Crippen LogP contribution in [0.15, 0.2) is 30.4 Å². The molecule has 0 aliphatic rings. The van der Waals surface area contributed by atoms with Crippen LogP contribution in [-0.2, 0) is 11.2 Å². The molecule has 0 bridgehead atoms. The quantitative estimate of drug-likeness (QED) is 0.626. The van der Waals surface area contributed by atoms with Crippen LogP contribution in [0.25, 0.3) is 0 Å². The second-order valence-electron chi connectivity index (χ2n) is 3.79. The van der Waals surface area contributed by atoms with Crippen LogP contribution in [0.1, 0.15) is 29.3 Å². The number of phenols is 1. The molecule has 1 rings (SSSR count). The van der Waals surface area contributed by atoms with E-state index in [9.17, 15) is 9.90 Å². The van der Waals surface area contributed by atoms with E-state index >= 15 is 0 Å². The first-order valence-electron chi connectivity index (χ1n) is 5.09. The molecule has 1 aromatic carbocycles. The highest BCUT2D eigenvalue weighted by molar-refractivity contribution is 5.91. The van der Waals surface area contributed by atoms with Crippen LogP contribution in [-0.4, -0.2) is 18.2 Å². The second-order valence-corrected chi connectivity index (χ2v) is 3.79. The van der Waals surface area contributed by atoms with E-state index in [0.717, 1.165) is 24.0 Å². The van der Waals surface area contributed by atoms with Crippen LogP contribution >= 0.6 is 0 Å². The summed E-state index contributed by atoms with van der Waals surface area (Å²) >= 11 is 0. The summed E-state index contributed by atoms with van der Waals surface area (Å²) in [4.78, 5) is 11.5. The molecule has 0 fully saturated rings. The number of rotatable bonds is 4. The zero-order valence-corrected chi connectivity index (χ0v) is 9.62. The standard InChI is InChI=1S/C13H16O3/c1-9(2)4-5-10-6-7-11(14)8-12(10)13(15)16-3/h6-8,14H,1,4-5H2,2-3H3. The van der Waals surface area contributed by atoms with Crippen LogP contribution in [0.2, 0.25) is 0 Å². The number of benzene rings is 1. The van der Waals surface area contributed by atoms with Crippen LogP contribution in [0.3, 0.4) is 0 Å². The van der Waals surface area contributed by atoms with Crippen molar-refractivity contribution >= 4 is 5.97 Å². The van der Waals surface area contributed by atoms with Gasteiger partial charge in [0.15, 0.2) is 0 Å². The summed E-state index contributed by atoms with van der Waals surface area (Å²) < 4.78 is 4.67. The summed E-state index contributed by atoms with van der Waals surface area (Å²) in [5, 5.41) is 9.33. The van der Waals surface area contributed by atoms with Gasteiger partial charge in [-0.2, -0.15) is 0 Å². The van der Waals surface area contributed by atoms with Gasteiger partial charge in [0.05, 0.1) is 12.7 Å². The topological polar surface area (TPSA) is 46.5 Å². The van der Waals surface area contributed by atoms with Gasteiger partial charge in [0.2, 0.25) is 0 Å². The van der Waals surface area contributed by atoms with Crippen molar-refractivity contribution in [2.45, 2.75) is 19.8 Å². The highest BCUT2D eigenvalue weighted by Gasteiger charge is 2.12. The van der Waals surface area contributed by atoms with Crippen LogP contribution < -0.4 is 0 Å². The first-order chi connectivity index (χ1) is 7.54. The number of hydrogen-bond acceptors (Lipinski definition) is 3. The van der Waals surface area contributed by atoms with Crippen LogP contribution in [0.4, 0.5) is 0 Å². The molecular weight excluding hydrogens is 204 g/mol. The van der Waals surface area contributed by atoms with E-state index in [1.165, 1.54) is 13.2 Å². The molecule has 0 heterocycles. The number of carbonyl (C=O) groups is 1. The monoisotopic (exact) mass is 220 g/mol. The SMILES string of the molecule is C=C(C)CCc1ccc(O)cc1C(=O)OC. The summed E-state index contributed by atoms with van der Waals surface area (Å²) in [6, 6.07) is 4.74. The Morgan fingerprint density at radius 1 is 1.50 bits per heavy atom. The number of allylic oxidation sites excluding steroid dienone is 1. The van der Waals surface area contributed by atoms with Gasteiger partial charge in [-0.25, -0.2) is 4.79 Å². The average molecular weight is 220 g/mol. The Hall–Kier alpha value is -1.77. The van der Waals surface area contributed by atoms with Crippen molar-refractivity contribution in [3.8, 4) is 5.75 Å². The lowest BCUT2D eigenvalue weighted by Crippen LogP contribution is -2.05. The number of methoxy groups -OCH3 is 1. The second kappa shape index (κ2) is 5.35. The lowest BCUT2D eigenvalue weighted by Gasteiger charge is -2.08. The predicted molar refractivity (Wildman–Crippen MR) is 62.6 cm³/mol. The molecule has 0 radical (unpaired) electrons. The molecule has 0 atom stereocenters. The molecule has 86 valence electrons. The molecule has 0 aliphatic heterocycles. The minimum Gasteiger partial charge on any atom is -0.508 e. The summed E-state index contributed by atoms with van der Waals surface area (Å²) in [6.45, 7) is 5.76. The zero-order chi connectivity index (χ0) is 12.1. The normalized spacial score (nSPS) is 9.88. The third-order valence-corrected chi connectivity index (χ3v) is 2.32. The molecule has 0 saturated heterocycles. The van der Waals surface area contributed by atoms with E-state index in [1.807, 2.05) is 6.92 Å². The van der Waals surface area contributed by atoms with Gasteiger partial charge >= 0.3 is 5.97 Å². The van der Waals surface area contributed by atoms with E-state index in [0.29, 0.717) is 5.56 Å². The first-order valence-corrected chi connectivity index (χ1v) is 5.09. The maximum Gasteiger partial charge on any atom is 0.338 e. The Labute approximate surface area is 95.4 Å². The largest absolute Gasteiger partial charge is 0.508 e. The number of carbonyl (C=O) groups excluding carboxylic acids is 1. The van der Waals surface area contributed by atoms with Gasteiger partial charge in [0, 0.05) is 0 Å². The number of ether oxygens (including phenoxy) is 1. The minimum absolute atomic E-state index is 0.0690. The molecule has 0 amide bonds. The van der Waals surface area contributed by atoms with E-state index in [2.05, 4.69) is 11.3 Å². The fraction of sp³-hybridized carbons (Fsp3) is 0.308. The number of phenolic OH excluding ortho intramolecular Hbond substituents is 1. The predicted octanol–water partition coefficient (Wildman–Crippen LogP) is 2.69. The van der Waals surface area contributed by atoms with Crippen molar-refractivity contribution in [3.63, 3.8) is 0 Å². The lowest BCUT2D eigenvalue weighted by molar-refractivity contribution is 0.0599. The maximum absolute atomic E-state index is 11.5. The third-order valence-electron chi connectivity index (χ3n) is 2.32. The Bertz CT molecular complexity index is 408. The van der Waals surface area contributed by atoms with E-state index < -0.39 is 5.97 Å². The Kier molecular flexibility index (Phi) is 4.11. The molecule has 1 aromatic rings. The van der Waals surface area contributed by atoms with Crippen LogP contribution in [0.5, 0.6) is 5.75 Å². The molecule has 3 nitrogen and oxygen atoms in total. The van der Waals surface area contributed by atoms with E-state index in [-0.39, 0.29) is 5.75 Å². The van der Waals surface area contributed by atoms with E-state index in [1.54, 1.807) is 12.1 Å². The first kappa shape index (κ1) is 12.3. The van der Waals surface area contributed by atoms with Crippen molar-refractivity contribution in [3.05, 3.63) is 41.5 Å². The molecule has 3 heteroatoms. The van der Waals surface area contributed by atoms with Gasteiger partial charge in [-0.05, 0) is 37.5 Å². The smallest absolute Gasteiger partial charge is 0.338 e. The van der Waals surface area contributed by atoms with Crippen molar-refractivity contribution in [1.82, 2.24) is 0 Å². The van der Waals surface area contributed by atoms with Crippen molar-refractivity contribution in [1.29, 1.82) is 0 Å². The van der Waals surface area contributed by atoms with Crippen molar-refractivity contribution in [2.75, 3.05) is 7.11 Å². The summed E-state index contributed by atoms with van der Waals surface area (Å²) in [7, 11) is 1.33. The molecule has 0 unspecified atom stereocenters. The van der Waals surface area contributed by atoms with Crippen molar-refractivity contribution in [2.24, 2.45) is 0 Å². The van der Waals surface area contributed by atoms with Gasteiger partial charge in [-0.3, -0.25) is 0 Å². The number of aromatic hydroxyl groups is 1. The van der Waals surface area contributed by atoms with Crippen molar-refractivity contribution < 1.29 is 14.6 Å². The molecule has 0 aromatic heterocycles. The molecule has 16 heavy (non-hydrogen) atoms. The Balaban J connectivity index is 2.98. The average Bonchev–Trinajstić information content (AvgIpc) is 2.26. The summed E-state index contributed by atoms with van der Waals surface area (Å²) in [5.74, 6) is -0.355. The number of hydrogen-bond donors (Lipinski definition) is 1. The highest BCUT2D eigenvalue weighted by atomic mass is 16.5. The zero-order valence-electron chi connectivity index (χ0n) is 9.62. The van der Waals surface area contributed by atoms with Gasteiger partial charge in [0.1, 0.15) is 5.75 Å². The van der Waals surface area contributed by atoms with Gasteiger partial charge in [0.25, 0.3) is 0 Å². The van der Waals surface area contributed by atoms with E-state index in [4.69, 9.17) is 0 Å². The lowest BCUT2D eigenvalue weighted by atomic mass is 10.0. The third kappa shape index (κ3) is 3.12. The molecule has 0 spiro atoms. The number of esters is 1. The van der Waals surface area contributed by atoms with Gasteiger partial charge < -0.3 is 9.84 Å². The summed E-state index contributed by atoms with van der Waals surface area (Å²) in [5.41, 5.74) is 2.35. The number of aryl methyl sites for hydroxylation is 1. The molecule has 1 N–H and O–H groups in total. The fourth-order valence-electron chi connectivity index (χ4n) is 1.43. The van der Waals surface area contributed by atoms with Gasteiger partial charge in [-0.15, -0.1) is 6.58 Å². The molecular formula is C13H16O3. The molecule has 0 saturated carbocycles. The highest BCUT2D eigenvalue weighted by Crippen LogP contribution is 2.19. The Morgan fingerprint density at radius 3 is 2.75 bits per heavy atom. The van der Waals surface area contributed by atoms with Gasteiger partial charge in [-0.1, -0.05) is 11.6 Å². The fourth-order valence-corrected chi connectivity index (χ4v) is 1.43. The molecule has 0 aliphatic carbocycles. The van der Waals surface area contributed by atoms with Crippen LogP contribution in [0, 0.1) is 0 Å².